The van der Waals surface area contributed by atoms with E-state index >= 15 is 0 Å². The van der Waals surface area contributed by atoms with Gasteiger partial charge < -0.3 is 10.8 Å². The Balaban J connectivity index is 2.77. The van der Waals surface area contributed by atoms with Crippen molar-refractivity contribution in [3.05, 3.63) is 16.6 Å². The van der Waals surface area contributed by atoms with Gasteiger partial charge >= 0.3 is 5.97 Å². The van der Waals surface area contributed by atoms with Gasteiger partial charge in [-0.25, -0.2) is 4.98 Å². The van der Waals surface area contributed by atoms with Crippen LogP contribution in [0.4, 0.5) is 0 Å². The number of rotatable bonds is 2. The first-order valence-electron chi connectivity index (χ1n) is 2.59. The lowest BCUT2D eigenvalue weighted by Gasteiger charge is -1.98. The van der Waals surface area contributed by atoms with Crippen molar-refractivity contribution in [2.24, 2.45) is 5.73 Å². The highest BCUT2D eigenvalue weighted by Gasteiger charge is 2.15. The maximum absolute atomic E-state index is 10.2. The molecule has 54 valence electrons. The van der Waals surface area contributed by atoms with Crippen LogP contribution < -0.4 is 5.73 Å². The topological polar surface area (TPSA) is 76.2 Å². The average Bonchev–Trinajstić information content (AvgIpc) is 2.36. The number of carboxylic acid groups (broad SMARTS) is 1. The molecule has 1 heterocycles. The lowest BCUT2D eigenvalue weighted by molar-refractivity contribution is -0.138. The van der Waals surface area contributed by atoms with Gasteiger partial charge in [0.1, 0.15) is 5.01 Å². The summed E-state index contributed by atoms with van der Waals surface area (Å²) >= 11 is 1.24. The smallest absolute Gasteiger partial charge is 0.327 e. The molecule has 3 N–H and O–H groups in total. The maximum Gasteiger partial charge on any atom is 0.327 e. The molecule has 0 aliphatic rings. The van der Waals surface area contributed by atoms with Gasteiger partial charge in [-0.2, -0.15) is 0 Å². The fraction of sp³-hybridized carbons (Fsp3) is 0.200. The number of hydrogen-bond acceptors (Lipinski definition) is 4. The second-order valence-corrected chi connectivity index (χ2v) is 2.61. The largest absolute Gasteiger partial charge is 0.480 e. The molecule has 0 saturated heterocycles. The van der Waals surface area contributed by atoms with E-state index in [4.69, 9.17) is 10.8 Å². The van der Waals surface area contributed by atoms with Crippen molar-refractivity contribution in [1.82, 2.24) is 4.98 Å². The molecule has 1 rings (SSSR count). The van der Waals surface area contributed by atoms with Gasteiger partial charge in [-0.1, -0.05) is 0 Å². The molecule has 5 heteroatoms. The fourth-order valence-corrected chi connectivity index (χ4v) is 1.12. The zero-order chi connectivity index (χ0) is 7.56. The van der Waals surface area contributed by atoms with E-state index in [-0.39, 0.29) is 0 Å². The molecular weight excluding hydrogens is 152 g/mol. The SMILES string of the molecule is N[C@@H](C(=O)O)c1nccs1. The van der Waals surface area contributed by atoms with Crippen molar-refractivity contribution >= 4 is 17.3 Å². The Labute approximate surface area is 61.3 Å². The maximum atomic E-state index is 10.2. The van der Waals surface area contributed by atoms with E-state index in [0.717, 1.165) is 0 Å². The molecule has 0 saturated carbocycles. The normalized spacial score (nSPS) is 12.9. The van der Waals surface area contributed by atoms with E-state index in [1.165, 1.54) is 17.5 Å². The summed E-state index contributed by atoms with van der Waals surface area (Å²) in [6.07, 6.45) is 1.53. The highest BCUT2D eigenvalue weighted by atomic mass is 32.1. The van der Waals surface area contributed by atoms with Gasteiger partial charge in [0.15, 0.2) is 6.04 Å². The van der Waals surface area contributed by atoms with Crippen LogP contribution in [0.1, 0.15) is 11.0 Å². The Bertz CT molecular complexity index is 222. The predicted octanol–water partition coefficient (Wildman–Crippen LogP) is 0.228. The highest BCUT2D eigenvalue weighted by Crippen LogP contribution is 2.12. The van der Waals surface area contributed by atoms with E-state index in [9.17, 15) is 4.79 Å². The molecule has 0 amide bonds. The number of nitrogens with two attached hydrogens (primary N) is 1. The molecule has 0 fully saturated rings. The number of hydrogen-bond donors (Lipinski definition) is 2. The lowest BCUT2D eigenvalue weighted by atomic mass is 10.3. The number of aromatic nitrogens is 1. The number of thiazole rings is 1. The summed E-state index contributed by atoms with van der Waals surface area (Å²) in [5, 5.41) is 10.5. The summed E-state index contributed by atoms with van der Waals surface area (Å²) in [7, 11) is 0. The van der Waals surface area contributed by atoms with Crippen molar-refractivity contribution < 1.29 is 9.90 Å². The minimum atomic E-state index is -1.05. The molecule has 0 aliphatic heterocycles. The van der Waals surface area contributed by atoms with Crippen molar-refractivity contribution in [2.75, 3.05) is 0 Å². The molecule has 1 aromatic rings. The number of aliphatic carboxylic acids is 1. The summed E-state index contributed by atoms with van der Waals surface area (Å²) in [6.45, 7) is 0. The Morgan fingerprint density at radius 3 is 3.00 bits per heavy atom. The van der Waals surface area contributed by atoms with Crippen LogP contribution in [0.2, 0.25) is 0 Å². The van der Waals surface area contributed by atoms with Gasteiger partial charge in [-0.05, 0) is 0 Å². The Kier molecular flexibility index (Phi) is 1.98. The molecule has 0 aliphatic carbocycles. The molecule has 1 atom stereocenters. The highest BCUT2D eigenvalue weighted by molar-refractivity contribution is 7.09. The lowest BCUT2D eigenvalue weighted by Crippen LogP contribution is -2.20. The van der Waals surface area contributed by atoms with Gasteiger partial charge in [-0.15, -0.1) is 11.3 Å². The Morgan fingerprint density at radius 1 is 1.90 bits per heavy atom. The Morgan fingerprint density at radius 2 is 2.60 bits per heavy atom. The molecule has 10 heavy (non-hydrogen) atoms. The van der Waals surface area contributed by atoms with Gasteiger partial charge in [-0.3, -0.25) is 4.79 Å². The monoisotopic (exact) mass is 158 g/mol. The minimum Gasteiger partial charge on any atom is -0.480 e. The number of carbonyl (C=O) groups is 1. The van der Waals surface area contributed by atoms with Crippen LogP contribution in [-0.4, -0.2) is 16.1 Å². The van der Waals surface area contributed by atoms with Gasteiger partial charge in [0.2, 0.25) is 0 Å². The standard InChI is InChI=1S/C5H6N2O2S/c6-3(5(8)9)4-7-1-2-10-4/h1-3H,6H2,(H,8,9)/t3-/m1/s1. The van der Waals surface area contributed by atoms with E-state index in [1.54, 1.807) is 5.38 Å². The third-order valence-corrected chi connectivity index (χ3v) is 1.84. The summed E-state index contributed by atoms with van der Waals surface area (Å²) in [5.74, 6) is -1.05. The van der Waals surface area contributed by atoms with E-state index in [2.05, 4.69) is 4.98 Å². The van der Waals surface area contributed by atoms with Crippen molar-refractivity contribution in [3.8, 4) is 0 Å². The first-order valence-corrected chi connectivity index (χ1v) is 3.47. The first-order chi connectivity index (χ1) is 4.72. The van der Waals surface area contributed by atoms with Crippen molar-refractivity contribution in [3.63, 3.8) is 0 Å². The molecule has 1 aromatic heterocycles. The van der Waals surface area contributed by atoms with Crippen LogP contribution in [0.15, 0.2) is 11.6 Å². The molecule has 0 bridgehead atoms. The van der Waals surface area contributed by atoms with Gasteiger partial charge in [0.25, 0.3) is 0 Å². The van der Waals surface area contributed by atoms with Gasteiger partial charge in [0, 0.05) is 11.6 Å². The quantitative estimate of drug-likeness (QED) is 0.645. The fourth-order valence-electron chi connectivity index (χ4n) is 0.494. The summed E-state index contributed by atoms with van der Waals surface area (Å²) in [6, 6.07) is -0.972. The van der Waals surface area contributed by atoms with Crippen LogP contribution in [-0.2, 0) is 4.79 Å². The average molecular weight is 158 g/mol. The Hall–Kier alpha value is -0.940. The minimum absolute atomic E-state index is 0.438. The van der Waals surface area contributed by atoms with Crippen molar-refractivity contribution in [1.29, 1.82) is 0 Å². The second kappa shape index (κ2) is 2.76. The molecule has 0 unspecified atom stereocenters. The zero-order valence-corrected chi connectivity index (χ0v) is 5.84. The molecule has 0 radical (unpaired) electrons. The molecule has 4 nitrogen and oxygen atoms in total. The predicted molar refractivity (Wildman–Crippen MR) is 36.7 cm³/mol. The molecule has 0 aromatic carbocycles. The van der Waals surface area contributed by atoms with Crippen LogP contribution in [0.3, 0.4) is 0 Å². The second-order valence-electron chi connectivity index (χ2n) is 1.69. The third kappa shape index (κ3) is 1.31. The number of nitrogens with zero attached hydrogens (tertiary/aromatic N) is 1. The number of carboxylic acids is 1. The van der Waals surface area contributed by atoms with Crippen LogP contribution in [0.5, 0.6) is 0 Å². The van der Waals surface area contributed by atoms with Crippen LogP contribution >= 0.6 is 11.3 Å². The third-order valence-electron chi connectivity index (χ3n) is 0.984. The molecule has 0 spiro atoms. The van der Waals surface area contributed by atoms with Crippen LogP contribution in [0.25, 0.3) is 0 Å². The summed E-state index contributed by atoms with van der Waals surface area (Å²) < 4.78 is 0. The zero-order valence-electron chi connectivity index (χ0n) is 5.02. The van der Waals surface area contributed by atoms with Crippen molar-refractivity contribution in [2.45, 2.75) is 6.04 Å². The molecular formula is C5H6N2O2S. The van der Waals surface area contributed by atoms with E-state index in [0.29, 0.717) is 5.01 Å². The summed E-state index contributed by atoms with van der Waals surface area (Å²) in [4.78, 5) is 14.0. The summed E-state index contributed by atoms with van der Waals surface area (Å²) in [5.41, 5.74) is 5.23. The van der Waals surface area contributed by atoms with Crippen LogP contribution in [0, 0.1) is 0 Å². The van der Waals surface area contributed by atoms with E-state index < -0.39 is 12.0 Å². The van der Waals surface area contributed by atoms with Gasteiger partial charge in [0.05, 0.1) is 0 Å². The van der Waals surface area contributed by atoms with E-state index in [1.807, 2.05) is 0 Å². The first kappa shape index (κ1) is 7.17.